The second-order valence-corrected chi connectivity index (χ2v) is 5.83. The van der Waals surface area contributed by atoms with E-state index in [2.05, 4.69) is 4.90 Å². The van der Waals surface area contributed by atoms with Crippen LogP contribution in [-0.4, -0.2) is 43.0 Å². The van der Waals surface area contributed by atoms with Crippen LogP contribution in [0.25, 0.3) is 0 Å². The second kappa shape index (κ2) is 7.70. The zero-order valence-electron chi connectivity index (χ0n) is 13.8. The third-order valence-corrected chi connectivity index (χ3v) is 4.11. The van der Waals surface area contributed by atoms with E-state index in [1.165, 1.54) is 0 Å². The summed E-state index contributed by atoms with van der Waals surface area (Å²) < 4.78 is 5.77. The van der Waals surface area contributed by atoms with E-state index in [0.29, 0.717) is 26.2 Å². The minimum absolute atomic E-state index is 0.383. The second-order valence-electron chi connectivity index (χ2n) is 5.83. The molecule has 6 heteroatoms. The number of amides is 1. The van der Waals surface area contributed by atoms with Crippen molar-refractivity contribution in [2.75, 3.05) is 31.1 Å². The number of carbonyl (C=O) groups excluding carboxylic acids is 2. The molecule has 0 saturated carbocycles. The first-order valence-corrected chi connectivity index (χ1v) is 8.17. The molecule has 1 aliphatic rings. The number of ether oxygens (including phenoxy) is 1. The Morgan fingerprint density at radius 1 is 0.880 bits per heavy atom. The molecule has 3 rings (SSSR count). The molecule has 0 atom stereocenters. The van der Waals surface area contributed by atoms with Crippen molar-refractivity contribution in [3.63, 3.8) is 0 Å². The van der Waals surface area contributed by atoms with Crippen LogP contribution < -0.4 is 14.7 Å². The summed E-state index contributed by atoms with van der Waals surface area (Å²) in [6, 6.07) is 17.4. The molecule has 0 bridgehead atoms. The lowest BCUT2D eigenvalue weighted by Crippen LogP contribution is -2.49. The normalized spacial score (nSPS) is 14.2. The number of hydrogen-bond donors (Lipinski definition) is 0. The van der Waals surface area contributed by atoms with Gasteiger partial charge in [0, 0.05) is 31.9 Å². The Balaban J connectivity index is 1.55. The van der Waals surface area contributed by atoms with Crippen LogP contribution >= 0.6 is 0 Å². The highest BCUT2D eigenvalue weighted by Gasteiger charge is 2.21. The van der Waals surface area contributed by atoms with E-state index in [1.54, 1.807) is 4.90 Å². The van der Waals surface area contributed by atoms with Crippen molar-refractivity contribution < 1.29 is 19.4 Å². The van der Waals surface area contributed by atoms with E-state index in [4.69, 9.17) is 4.74 Å². The van der Waals surface area contributed by atoms with Gasteiger partial charge in [-0.1, -0.05) is 18.2 Å². The van der Waals surface area contributed by atoms with Crippen LogP contribution in [0.3, 0.4) is 0 Å². The van der Waals surface area contributed by atoms with Gasteiger partial charge in [-0.15, -0.1) is 0 Å². The summed E-state index contributed by atoms with van der Waals surface area (Å²) in [4.78, 5) is 26.0. The Morgan fingerprint density at radius 3 is 2.08 bits per heavy atom. The molecule has 0 aromatic heterocycles. The lowest BCUT2D eigenvalue weighted by Gasteiger charge is -2.36. The number of nitrogens with zero attached hydrogens (tertiary/aromatic N) is 2. The molecule has 2 aromatic carbocycles. The molecule has 0 spiro atoms. The van der Waals surface area contributed by atoms with Gasteiger partial charge < -0.3 is 24.4 Å². The lowest BCUT2D eigenvalue weighted by atomic mass is 10.2. The summed E-state index contributed by atoms with van der Waals surface area (Å²) in [6.45, 7) is 2.35. The molecule has 1 aliphatic heterocycles. The van der Waals surface area contributed by atoms with Crippen LogP contribution in [0.15, 0.2) is 54.6 Å². The number of carbonyl (C=O) groups is 2. The van der Waals surface area contributed by atoms with Crippen LogP contribution in [0.4, 0.5) is 5.69 Å². The first-order valence-electron chi connectivity index (χ1n) is 8.17. The van der Waals surface area contributed by atoms with Gasteiger partial charge in [0.15, 0.2) is 0 Å². The third kappa shape index (κ3) is 4.50. The molecule has 6 nitrogen and oxygen atoms in total. The number of para-hydroxylation sites is 1. The summed E-state index contributed by atoms with van der Waals surface area (Å²) in [7, 11) is 0. The van der Waals surface area contributed by atoms with Crippen molar-refractivity contribution in [1.82, 2.24) is 4.90 Å². The van der Waals surface area contributed by atoms with Gasteiger partial charge in [-0.3, -0.25) is 4.79 Å². The Morgan fingerprint density at radius 2 is 1.48 bits per heavy atom. The van der Waals surface area contributed by atoms with Crippen molar-refractivity contribution >= 4 is 17.6 Å². The van der Waals surface area contributed by atoms with Crippen LogP contribution in [0.1, 0.15) is 6.42 Å². The molecule has 0 unspecified atom stereocenters. The Kier molecular flexibility index (Phi) is 5.18. The Labute approximate surface area is 146 Å². The molecule has 2 aromatic rings. The molecular formula is C19H19N2O4-. The first kappa shape index (κ1) is 16.8. The highest BCUT2D eigenvalue weighted by molar-refractivity contribution is 5.92. The van der Waals surface area contributed by atoms with Crippen molar-refractivity contribution in [2.24, 2.45) is 0 Å². The largest absolute Gasteiger partial charge is 0.550 e. The molecule has 0 radical (unpaired) electrons. The standard InChI is InChI=1S/C19H20N2O4/c22-18(14-19(23)24)21-12-10-20(11-13-21)15-6-8-17(9-7-15)25-16-4-2-1-3-5-16/h1-9H,10-14H2,(H,23,24)/p-1. The molecule has 0 aliphatic carbocycles. The number of piperazine rings is 1. The van der Waals surface area contributed by atoms with E-state index in [9.17, 15) is 14.7 Å². The van der Waals surface area contributed by atoms with Gasteiger partial charge in [0.25, 0.3) is 0 Å². The molecular weight excluding hydrogens is 320 g/mol. The monoisotopic (exact) mass is 339 g/mol. The van der Waals surface area contributed by atoms with E-state index in [0.717, 1.165) is 17.2 Å². The molecule has 1 heterocycles. The summed E-state index contributed by atoms with van der Waals surface area (Å²) >= 11 is 0. The number of rotatable bonds is 5. The fourth-order valence-electron chi connectivity index (χ4n) is 2.80. The van der Waals surface area contributed by atoms with Crippen LogP contribution in [0, 0.1) is 0 Å². The van der Waals surface area contributed by atoms with Crippen LogP contribution in [0.2, 0.25) is 0 Å². The summed E-state index contributed by atoms with van der Waals surface area (Å²) in [5.41, 5.74) is 1.05. The predicted molar refractivity (Wildman–Crippen MR) is 91.4 cm³/mol. The van der Waals surface area contributed by atoms with Crippen LogP contribution in [-0.2, 0) is 9.59 Å². The highest BCUT2D eigenvalue weighted by atomic mass is 16.5. The van der Waals surface area contributed by atoms with E-state index in [-0.39, 0.29) is 5.91 Å². The minimum Gasteiger partial charge on any atom is -0.550 e. The average molecular weight is 339 g/mol. The topological polar surface area (TPSA) is 72.9 Å². The molecule has 1 amide bonds. The highest BCUT2D eigenvalue weighted by Crippen LogP contribution is 2.25. The number of aliphatic carboxylic acids is 1. The number of carboxylic acid groups (broad SMARTS) is 1. The molecule has 1 fully saturated rings. The first-order chi connectivity index (χ1) is 12.1. The quantitative estimate of drug-likeness (QED) is 0.767. The number of hydrogen-bond acceptors (Lipinski definition) is 5. The van der Waals surface area contributed by atoms with E-state index >= 15 is 0 Å². The molecule has 1 saturated heterocycles. The zero-order valence-corrected chi connectivity index (χ0v) is 13.8. The average Bonchev–Trinajstić information content (AvgIpc) is 2.63. The van der Waals surface area contributed by atoms with Gasteiger partial charge in [-0.25, -0.2) is 0 Å². The number of anilines is 1. The number of benzene rings is 2. The predicted octanol–water partition coefficient (Wildman–Crippen LogP) is 1.27. The Hall–Kier alpha value is -3.02. The van der Waals surface area contributed by atoms with Gasteiger partial charge in [-0.2, -0.15) is 0 Å². The van der Waals surface area contributed by atoms with E-state index < -0.39 is 12.4 Å². The molecule has 130 valence electrons. The minimum atomic E-state index is -1.33. The van der Waals surface area contributed by atoms with Crippen molar-refractivity contribution in [3.05, 3.63) is 54.6 Å². The van der Waals surface area contributed by atoms with Crippen molar-refractivity contribution in [2.45, 2.75) is 6.42 Å². The van der Waals surface area contributed by atoms with E-state index in [1.807, 2.05) is 54.6 Å². The van der Waals surface area contributed by atoms with Gasteiger partial charge in [-0.05, 0) is 36.4 Å². The van der Waals surface area contributed by atoms with Crippen molar-refractivity contribution in [1.29, 1.82) is 0 Å². The summed E-state index contributed by atoms with van der Waals surface area (Å²) in [6.07, 6.45) is -0.550. The van der Waals surface area contributed by atoms with Gasteiger partial charge >= 0.3 is 0 Å². The van der Waals surface area contributed by atoms with Gasteiger partial charge in [0.1, 0.15) is 11.5 Å². The maximum atomic E-state index is 11.7. The zero-order chi connectivity index (χ0) is 17.6. The SMILES string of the molecule is O=C([O-])CC(=O)N1CCN(c2ccc(Oc3ccccc3)cc2)CC1. The van der Waals surface area contributed by atoms with Crippen LogP contribution in [0.5, 0.6) is 11.5 Å². The molecule has 0 N–H and O–H groups in total. The van der Waals surface area contributed by atoms with Gasteiger partial charge in [0.2, 0.25) is 5.91 Å². The fraction of sp³-hybridized carbons (Fsp3) is 0.263. The smallest absolute Gasteiger partial charge is 0.228 e. The Bertz CT molecular complexity index is 723. The number of carboxylic acids is 1. The van der Waals surface area contributed by atoms with Gasteiger partial charge in [0.05, 0.1) is 12.4 Å². The third-order valence-electron chi connectivity index (χ3n) is 4.11. The van der Waals surface area contributed by atoms with Crippen molar-refractivity contribution in [3.8, 4) is 11.5 Å². The molecule has 25 heavy (non-hydrogen) atoms. The summed E-state index contributed by atoms with van der Waals surface area (Å²) in [5.74, 6) is -0.166. The fourth-order valence-corrected chi connectivity index (χ4v) is 2.80. The maximum absolute atomic E-state index is 11.7. The maximum Gasteiger partial charge on any atom is 0.228 e. The lowest BCUT2D eigenvalue weighted by molar-refractivity contribution is -0.304. The summed E-state index contributed by atoms with van der Waals surface area (Å²) in [5, 5.41) is 10.5.